The van der Waals surface area contributed by atoms with Crippen molar-refractivity contribution in [3.63, 3.8) is 0 Å². The molecular formula is C16H26N4O. The second kappa shape index (κ2) is 5.79. The van der Waals surface area contributed by atoms with E-state index in [-0.39, 0.29) is 11.8 Å². The van der Waals surface area contributed by atoms with Crippen LogP contribution < -0.4 is 10.6 Å². The van der Waals surface area contributed by atoms with Crippen LogP contribution in [-0.2, 0) is 11.2 Å². The highest BCUT2D eigenvalue weighted by Gasteiger charge is 2.57. The van der Waals surface area contributed by atoms with Crippen molar-refractivity contribution in [3.05, 3.63) is 17.0 Å². The number of hydrogen-bond donors (Lipinski definition) is 3. The highest BCUT2D eigenvalue weighted by atomic mass is 16.2. The normalized spacial score (nSPS) is 23.2. The van der Waals surface area contributed by atoms with Gasteiger partial charge in [0.1, 0.15) is 0 Å². The van der Waals surface area contributed by atoms with Crippen LogP contribution in [0.3, 0.4) is 0 Å². The fourth-order valence-corrected chi connectivity index (χ4v) is 3.74. The van der Waals surface area contributed by atoms with E-state index in [4.69, 9.17) is 0 Å². The predicted octanol–water partition coefficient (Wildman–Crippen LogP) is 1.47. The van der Waals surface area contributed by atoms with Gasteiger partial charge in [0.15, 0.2) is 0 Å². The molecule has 1 spiro atoms. The maximum absolute atomic E-state index is 12.2. The molecule has 1 atom stereocenters. The number of H-pyrrole nitrogens is 1. The molecule has 3 rings (SSSR count). The largest absolute Gasteiger partial charge is 0.356 e. The summed E-state index contributed by atoms with van der Waals surface area (Å²) in [5.74, 6) is 0.550. The summed E-state index contributed by atoms with van der Waals surface area (Å²) in [5.41, 5.74) is 3.86. The molecule has 116 valence electrons. The number of aryl methyl sites for hydroxylation is 2. The second-order valence-electron chi connectivity index (χ2n) is 6.68. The van der Waals surface area contributed by atoms with Crippen molar-refractivity contribution < 1.29 is 4.79 Å². The number of piperidine rings is 1. The molecule has 1 saturated carbocycles. The molecule has 0 aromatic carbocycles. The topological polar surface area (TPSA) is 69.8 Å². The first-order valence-electron chi connectivity index (χ1n) is 8.11. The van der Waals surface area contributed by atoms with Crippen molar-refractivity contribution in [2.24, 2.45) is 11.3 Å². The number of rotatable bonds is 5. The number of carbonyl (C=O) groups is 1. The molecule has 5 nitrogen and oxygen atoms in total. The zero-order valence-corrected chi connectivity index (χ0v) is 13.1. The summed E-state index contributed by atoms with van der Waals surface area (Å²) in [6.45, 7) is 7.00. The third-order valence-electron chi connectivity index (χ3n) is 5.29. The average molecular weight is 290 g/mol. The Morgan fingerprint density at radius 1 is 1.38 bits per heavy atom. The zero-order chi connectivity index (χ0) is 14.9. The van der Waals surface area contributed by atoms with Gasteiger partial charge >= 0.3 is 0 Å². The minimum absolute atomic E-state index is 0.275. The van der Waals surface area contributed by atoms with Crippen LogP contribution in [0, 0.1) is 25.2 Å². The Kier molecular flexibility index (Phi) is 4.02. The smallest absolute Gasteiger partial charge is 0.223 e. The lowest BCUT2D eigenvalue weighted by Gasteiger charge is -2.23. The lowest BCUT2D eigenvalue weighted by Crippen LogP contribution is -2.34. The zero-order valence-electron chi connectivity index (χ0n) is 13.1. The number of amides is 1. The summed E-state index contributed by atoms with van der Waals surface area (Å²) >= 11 is 0. The minimum Gasteiger partial charge on any atom is -0.356 e. The van der Waals surface area contributed by atoms with Gasteiger partial charge in [-0.05, 0) is 70.0 Å². The molecule has 0 unspecified atom stereocenters. The van der Waals surface area contributed by atoms with Crippen LogP contribution in [-0.4, -0.2) is 35.7 Å². The molecule has 1 amide bonds. The van der Waals surface area contributed by atoms with Crippen LogP contribution >= 0.6 is 0 Å². The van der Waals surface area contributed by atoms with Crippen LogP contribution in [0.4, 0.5) is 0 Å². The minimum atomic E-state index is 0.275. The standard InChI is InChI=1S/C16H26N4O/c1-11-13(12(2)20-19-11)4-3-7-18-15(21)14-10-16(14)5-8-17-9-6-16/h14,17H,3-10H2,1-2H3,(H,18,21)(H,19,20)/t14-/m1/s1. The van der Waals surface area contributed by atoms with Crippen LogP contribution in [0.15, 0.2) is 0 Å². The monoisotopic (exact) mass is 290 g/mol. The number of hydrogen-bond acceptors (Lipinski definition) is 3. The maximum Gasteiger partial charge on any atom is 0.223 e. The second-order valence-corrected chi connectivity index (χ2v) is 6.68. The van der Waals surface area contributed by atoms with E-state index in [1.165, 1.54) is 18.4 Å². The van der Waals surface area contributed by atoms with E-state index in [2.05, 4.69) is 27.8 Å². The molecular weight excluding hydrogens is 264 g/mol. The van der Waals surface area contributed by atoms with Crippen LogP contribution in [0.2, 0.25) is 0 Å². The van der Waals surface area contributed by atoms with Crippen LogP contribution in [0.5, 0.6) is 0 Å². The molecule has 3 N–H and O–H groups in total. The molecule has 1 aliphatic heterocycles. The van der Waals surface area contributed by atoms with Crippen molar-refractivity contribution in [2.75, 3.05) is 19.6 Å². The summed E-state index contributed by atoms with van der Waals surface area (Å²) < 4.78 is 0. The molecule has 2 heterocycles. The van der Waals surface area contributed by atoms with E-state index < -0.39 is 0 Å². The van der Waals surface area contributed by atoms with E-state index in [0.717, 1.165) is 50.3 Å². The highest BCUT2D eigenvalue weighted by molar-refractivity contribution is 5.82. The first-order valence-corrected chi connectivity index (χ1v) is 8.11. The van der Waals surface area contributed by atoms with E-state index in [9.17, 15) is 4.79 Å². The summed E-state index contributed by atoms with van der Waals surface area (Å²) in [5, 5.41) is 13.7. The fraction of sp³-hybridized carbons (Fsp3) is 0.750. The lowest BCUT2D eigenvalue weighted by atomic mass is 9.92. The Labute approximate surface area is 126 Å². The van der Waals surface area contributed by atoms with E-state index in [1.54, 1.807) is 0 Å². The number of nitrogens with zero attached hydrogens (tertiary/aromatic N) is 1. The Balaban J connectivity index is 1.39. The molecule has 5 heteroatoms. The third kappa shape index (κ3) is 2.98. The Morgan fingerprint density at radius 3 is 2.81 bits per heavy atom. The van der Waals surface area contributed by atoms with Gasteiger partial charge in [-0.25, -0.2) is 0 Å². The Bertz CT molecular complexity index is 497. The van der Waals surface area contributed by atoms with Crippen molar-refractivity contribution in [3.8, 4) is 0 Å². The first kappa shape index (κ1) is 14.6. The van der Waals surface area contributed by atoms with E-state index >= 15 is 0 Å². The highest BCUT2D eigenvalue weighted by Crippen LogP contribution is 2.58. The SMILES string of the molecule is Cc1n[nH]c(C)c1CCCNC(=O)[C@H]1CC12CCNCC2. The predicted molar refractivity (Wildman–Crippen MR) is 82.0 cm³/mol. The average Bonchev–Trinajstić information content (AvgIpc) is 3.08. The summed E-state index contributed by atoms with van der Waals surface area (Å²) in [6, 6.07) is 0. The van der Waals surface area contributed by atoms with Gasteiger partial charge in [0, 0.05) is 18.2 Å². The van der Waals surface area contributed by atoms with Gasteiger partial charge in [-0.3, -0.25) is 9.89 Å². The Hall–Kier alpha value is -1.36. The van der Waals surface area contributed by atoms with Crippen molar-refractivity contribution in [1.82, 2.24) is 20.8 Å². The van der Waals surface area contributed by atoms with Gasteiger partial charge in [-0.1, -0.05) is 0 Å². The molecule has 1 aromatic heterocycles. The summed E-state index contributed by atoms with van der Waals surface area (Å²) in [7, 11) is 0. The number of carbonyl (C=O) groups excluding carboxylic acids is 1. The molecule has 1 aromatic rings. The first-order chi connectivity index (χ1) is 10.1. The van der Waals surface area contributed by atoms with Gasteiger partial charge in [0.05, 0.1) is 5.69 Å². The van der Waals surface area contributed by atoms with Gasteiger partial charge in [0.25, 0.3) is 0 Å². The van der Waals surface area contributed by atoms with Gasteiger partial charge in [0.2, 0.25) is 5.91 Å². The molecule has 0 radical (unpaired) electrons. The van der Waals surface area contributed by atoms with Gasteiger partial charge < -0.3 is 10.6 Å². The van der Waals surface area contributed by atoms with Gasteiger partial charge in [-0.2, -0.15) is 5.10 Å². The third-order valence-corrected chi connectivity index (χ3v) is 5.29. The quantitative estimate of drug-likeness (QED) is 0.719. The van der Waals surface area contributed by atoms with E-state index in [0.29, 0.717) is 5.41 Å². The fourth-order valence-electron chi connectivity index (χ4n) is 3.74. The van der Waals surface area contributed by atoms with Crippen molar-refractivity contribution >= 4 is 5.91 Å². The summed E-state index contributed by atoms with van der Waals surface area (Å²) in [4.78, 5) is 12.2. The number of nitrogens with one attached hydrogen (secondary N) is 3. The maximum atomic E-state index is 12.2. The molecule has 2 aliphatic rings. The molecule has 1 aliphatic carbocycles. The van der Waals surface area contributed by atoms with Crippen molar-refractivity contribution in [1.29, 1.82) is 0 Å². The molecule has 0 bridgehead atoms. The van der Waals surface area contributed by atoms with Crippen LogP contribution in [0.1, 0.15) is 42.6 Å². The van der Waals surface area contributed by atoms with E-state index in [1.807, 2.05) is 6.92 Å². The number of aromatic nitrogens is 2. The Morgan fingerprint density at radius 2 is 2.14 bits per heavy atom. The van der Waals surface area contributed by atoms with Crippen LogP contribution in [0.25, 0.3) is 0 Å². The number of aromatic amines is 1. The lowest BCUT2D eigenvalue weighted by molar-refractivity contribution is -0.123. The summed E-state index contributed by atoms with van der Waals surface area (Å²) in [6.07, 6.45) is 5.39. The molecule has 1 saturated heterocycles. The molecule has 21 heavy (non-hydrogen) atoms. The van der Waals surface area contributed by atoms with Crippen molar-refractivity contribution in [2.45, 2.75) is 46.0 Å². The molecule has 2 fully saturated rings. The van der Waals surface area contributed by atoms with Gasteiger partial charge in [-0.15, -0.1) is 0 Å².